The van der Waals surface area contributed by atoms with E-state index in [0.717, 1.165) is 31.6 Å². The van der Waals surface area contributed by atoms with E-state index in [2.05, 4.69) is 19.2 Å². The van der Waals surface area contributed by atoms with E-state index < -0.39 is 0 Å². The Balaban J connectivity index is 2.52. The molecule has 1 saturated heterocycles. The lowest BCUT2D eigenvalue weighted by Crippen LogP contribution is -2.39. The molecule has 1 atom stereocenters. The van der Waals surface area contributed by atoms with Crippen LogP contribution in [-0.4, -0.2) is 37.5 Å². The number of likely N-dealkylation sites (N-methyl/N-ethyl adjacent to an activating group) is 1. The van der Waals surface area contributed by atoms with Gasteiger partial charge in [-0.1, -0.05) is 20.3 Å². The highest BCUT2D eigenvalue weighted by molar-refractivity contribution is 5.93. The third-order valence-electron chi connectivity index (χ3n) is 3.16. The van der Waals surface area contributed by atoms with Crippen LogP contribution in [0, 0.1) is 5.92 Å². The number of nitrogens with one attached hydrogen (secondary N) is 1. The lowest BCUT2D eigenvalue weighted by Gasteiger charge is -2.26. The Morgan fingerprint density at radius 3 is 2.53 bits per heavy atom. The lowest BCUT2D eigenvalue weighted by molar-refractivity contribution is -0.126. The number of rotatable bonds is 4. The van der Waals surface area contributed by atoms with Crippen LogP contribution in [0.3, 0.4) is 0 Å². The van der Waals surface area contributed by atoms with Gasteiger partial charge in [-0.2, -0.15) is 0 Å². The first-order chi connectivity index (χ1) is 7.06. The van der Waals surface area contributed by atoms with Gasteiger partial charge in [-0.15, -0.1) is 0 Å². The summed E-state index contributed by atoms with van der Waals surface area (Å²) in [6, 6.07) is 0. The van der Waals surface area contributed by atoms with Crippen LogP contribution < -0.4 is 5.32 Å². The lowest BCUT2D eigenvalue weighted by atomic mass is 10.0. The molecular formula is C12H22N2O. The van der Waals surface area contributed by atoms with E-state index in [4.69, 9.17) is 0 Å². The van der Waals surface area contributed by atoms with Gasteiger partial charge in [0.05, 0.1) is 0 Å². The maximum Gasteiger partial charge on any atom is 0.249 e. The first-order valence-corrected chi connectivity index (χ1v) is 5.71. The van der Waals surface area contributed by atoms with Crippen LogP contribution in [0.5, 0.6) is 0 Å². The molecule has 0 bridgehead atoms. The summed E-state index contributed by atoms with van der Waals surface area (Å²) in [5.41, 5.74) is 2.19. The van der Waals surface area contributed by atoms with E-state index in [1.165, 1.54) is 5.57 Å². The van der Waals surface area contributed by atoms with Gasteiger partial charge in [-0.3, -0.25) is 4.79 Å². The molecule has 0 aliphatic carbocycles. The molecule has 0 aromatic heterocycles. The first kappa shape index (κ1) is 12.2. The third kappa shape index (κ3) is 3.06. The molecule has 86 valence electrons. The average Bonchev–Trinajstić information content (AvgIpc) is 2.13. The Labute approximate surface area is 92.5 Å². The highest BCUT2D eigenvalue weighted by Crippen LogP contribution is 2.12. The molecule has 3 nitrogen and oxygen atoms in total. The number of amides is 1. The molecule has 0 aromatic rings. The third-order valence-corrected chi connectivity index (χ3v) is 3.16. The summed E-state index contributed by atoms with van der Waals surface area (Å²) in [6.07, 6.45) is 1.12. The molecule has 1 heterocycles. The fourth-order valence-corrected chi connectivity index (χ4v) is 1.63. The minimum absolute atomic E-state index is 0.187. The van der Waals surface area contributed by atoms with Gasteiger partial charge in [0.25, 0.3) is 0 Å². The molecule has 3 heteroatoms. The molecule has 0 saturated carbocycles. The molecule has 0 aromatic carbocycles. The second kappa shape index (κ2) is 5.31. The first-order valence-electron chi connectivity index (χ1n) is 5.71. The Kier molecular flexibility index (Phi) is 4.33. The van der Waals surface area contributed by atoms with Gasteiger partial charge in [-0.25, -0.2) is 0 Å². The van der Waals surface area contributed by atoms with Crippen LogP contribution >= 0.6 is 0 Å². The molecule has 15 heavy (non-hydrogen) atoms. The van der Waals surface area contributed by atoms with Gasteiger partial charge in [0.1, 0.15) is 0 Å². The molecule has 1 unspecified atom stereocenters. The Bertz CT molecular complexity index is 265. The highest BCUT2D eigenvalue weighted by atomic mass is 16.2. The summed E-state index contributed by atoms with van der Waals surface area (Å²) < 4.78 is 0. The normalized spacial score (nSPS) is 16.9. The Hall–Kier alpha value is -0.830. The monoisotopic (exact) mass is 210 g/mol. The minimum atomic E-state index is 0.187. The van der Waals surface area contributed by atoms with Gasteiger partial charge in [0.2, 0.25) is 5.91 Å². The summed E-state index contributed by atoms with van der Waals surface area (Å²) in [5.74, 6) is 0.767. The summed E-state index contributed by atoms with van der Waals surface area (Å²) in [4.78, 5) is 13.8. The van der Waals surface area contributed by atoms with Gasteiger partial charge >= 0.3 is 0 Å². The van der Waals surface area contributed by atoms with Crippen LogP contribution in [0.15, 0.2) is 11.1 Å². The van der Waals surface area contributed by atoms with E-state index in [-0.39, 0.29) is 5.91 Å². The number of carbonyl (C=O) groups is 1. The van der Waals surface area contributed by atoms with Crippen molar-refractivity contribution in [2.45, 2.75) is 27.2 Å². The molecule has 1 fully saturated rings. The smallest absolute Gasteiger partial charge is 0.249 e. The molecular weight excluding hydrogens is 188 g/mol. The standard InChI is InChI=1S/C12H22N2O/c1-5-9(2)8-14(4)12(15)10(3)11-6-13-7-11/h9,13H,5-8H2,1-4H3. The van der Waals surface area contributed by atoms with Crippen molar-refractivity contribution in [3.05, 3.63) is 11.1 Å². The Morgan fingerprint density at radius 1 is 1.53 bits per heavy atom. The zero-order chi connectivity index (χ0) is 11.4. The Morgan fingerprint density at radius 2 is 2.13 bits per heavy atom. The van der Waals surface area contributed by atoms with Crippen LogP contribution in [0.2, 0.25) is 0 Å². The van der Waals surface area contributed by atoms with E-state index in [1.807, 2.05) is 18.9 Å². The molecule has 1 amide bonds. The summed E-state index contributed by atoms with van der Waals surface area (Å²) >= 11 is 0. The van der Waals surface area contributed by atoms with Crippen LogP contribution in [0.4, 0.5) is 0 Å². The molecule has 0 spiro atoms. The molecule has 1 aliphatic rings. The predicted octanol–water partition coefficient (Wildman–Crippen LogP) is 1.41. The van der Waals surface area contributed by atoms with Crippen molar-refractivity contribution in [2.75, 3.05) is 26.7 Å². The number of carbonyl (C=O) groups excluding carboxylic acids is 1. The fraction of sp³-hybridized carbons (Fsp3) is 0.750. The van der Waals surface area contributed by atoms with Crippen molar-refractivity contribution < 1.29 is 4.79 Å². The van der Waals surface area contributed by atoms with Crippen LogP contribution in [0.25, 0.3) is 0 Å². The van der Waals surface area contributed by atoms with E-state index in [1.54, 1.807) is 0 Å². The summed E-state index contributed by atoms with van der Waals surface area (Å²) in [6.45, 7) is 8.89. The van der Waals surface area contributed by atoms with Gasteiger partial charge in [0, 0.05) is 32.3 Å². The number of nitrogens with zero attached hydrogens (tertiary/aromatic N) is 1. The van der Waals surface area contributed by atoms with Crippen molar-refractivity contribution in [3.8, 4) is 0 Å². The summed E-state index contributed by atoms with van der Waals surface area (Å²) in [7, 11) is 1.89. The van der Waals surface area contributed by atoms with E-state index >= 15 is 0 Å². The average molecular weight is 210 g/mol. The van der Waals surface area contributed by atoms with Gasteiger partial charge in [-0.05, 0) is 18.4 Å². The second-order valence-electron chi connectivity index (χ2n) is 4.53. The zero-order valence-corrected chi connectivity index (χ0v) is 10.3. The topological polar surface area (TPSA) is 32.3 Å². The van der Waals surface area contributed by atoms with Crippen LogP contribution in [-0.2, 0) is 4.79 Å². The maximum absolute atomic E-state index is 12.0. The predicted molar refractivity (Wildman–Crippen MR) is 62.7 cm³/mol. The fourth-order valence-electron chi connectivity index (χ4n) is 1.63. The maximum atomic E-state index is 12.0. The van der Waals surface area contributed by atoms with Crippen LogP contribution in [0.1, 0.15) is 27.2 Å². The minimum Gasteiger partial charge on any atom is -0.342 e. The van der Waals surface area contributed by atoms with Gasteiger partial charge < -0.3 is 10.2 Å². The number of hydrogen-bond acceptors (Lipinski definition) is 2. The molecule has 1 N–H and O–H groups in total. The summed E-state index contributed by atoms with van der Waals surface area (Å²) in [5, 5.41) is 3.16. The SMILES string of the molecule is CCC(C)CN(C)C(=O)C(C)=C1CNC1. The largest absolute Gasteiger partial charge is 0.342 e. The van der Waals surface area contributed by atoms with Crippen molar-refractivity contribution in [1.29, 1.82) is 0 Å². The molecule has 1 rings (SSSR count). The second-order valence-corrected chi connectivity index (χ2v) is 4.53. The van der Waals surface area contributed by atoms with E-state index in [0.29, 0.717) is 5.92 Å². The van der Waals surface area contributed by atoms with E-state index in [9.17, 15) is 4.79 Å². The van der Waals surface area contributed by atoms with Crippen molar-refractivity contribution in [3.63, 3.8) is 0 Å². The van der Waals surface area contributed by atoms with Crippen molar-refractivity contribution in [1.82, 2.24) is 10.2 Å². The molecule has 1 aliphatic heterocycles. The van der Waals surface area contributed by atoms with Crippen molar-refractivity contribution >= 4 is 5.91 Å². The van der Waals surface area contributed by atoms with Crippen molar-refractivity contribution in [2.24, 2.45) is 5.92 Å². The van der Waals surface area contributed by atoms with Gasteiger partial charge in [0.15, 0.2) is 0 Å². The number of hydrogen-bond donors (Lipinski definition) is 1. The molecule has 0 radical (unpaired) electrons. The zero-order valence-electron chi connectivity index (χ0n) is 10.3. The highest BCUT2D eigenvalue weighted by Gasteiger charge is 2.19. The quantitative estimate of drug-likeness (QED) is 0.712.